The zero-order valence-electron chi connectivity index (χ0n) is 36.6. The number of carbonyl (C=O) groups excluding carboxylic acids is 2. The van der Waals surface area contributed by atoms with Crippen molar-refractivity contribution >= 4 is 28.7 Å². The largest absolute Gasteiger partial charge is 0.459 e. The van der Waals surface area contributed by atoms with E-state index in [0.717, 1.165) is 59.6 Å². The summed E-state index contributed by atoms with van der Waals surface area (Å²) in [7, 11) is 0. The molecule has 2 N–H and O–H groups in total. The molecule has 1 heterocycles. The Labute approximate surface area is 366 Å². The molecular weight excluding hydrogens is 781 g/mol. The van der Waals surface area contributed by atoms with Crippen LogP contribution in [0.15, 0.2) is 114 Å². The summed E-state index contributed by atoms with van der Waals surface area (Å²) < 4.78 is 21.0. The van der Waals surface area contributed by atoms with Crippen molar-refractivity contribution in [2.24, 2.45) is 22.9 Å². The molecule has 0 unspecified atom stereocenters. The van der Waals surface area contributed by atoms with E-state index in [1.54, 1.807) is 24.3 Å². The molecule has 1 amide bonds. The highest BCUT2D eigenvalue weighted by molar-refractivity contribution is 6.04. The van der Waals surface area contributed by atoms with Gasteiger partial charge < -0.3 is 34.2 Å². The predicted molar refractivity (Wildman–Crippen MR) is 243 cm³/mol. The Kier molecular flexibility index (Phi) is 14.3. The normalized spacial score (nSPS) is 23.4. The number of aliphatic hydroxyl groups is 2. The Balaban J connectivity index is 1.46. The minimum atomic E-state index is -1.38. The van der Waals surface area contributed by atoms with Gasteiger partial charge in [0, 0.05) is 48.8 Å². The molecule has 1 fully saturated rings. The van der Waals surface area contributed by atoms with Gasteiger partial charge in [0.05, 0.1) is 18.2 Å². The second-order valence-electron chi connectivity index (χ2n) is 17.8. The second kappa shape index (κ2) is 19.8. The smallest absolute Gasteiger partial charge is 0.254 e. The molecule has 0 radical (unpaired) electrons. The molecule has 0 saturated heterocycles. The molecule has 0 spiro atoms. The number of aliphatic hydroxyl groups excluding tert-OH is 2. The predicted octanol–water partition coefficient (Wildman–Crippen LogP) is 10.4. The van der Waals surface area contributed by atoms with Crippen LogP contribution in [0.5, 0.6) is 17.2 Å². The van der Waals surface area contributed by atoms with Crippen molar-refractivity contribution < 1.29 is 38.9 Å². The minimum Gasteiger partial charge on any atom is -0.459 e. The molecule has 0 aromatic heterocycles. The fourth-order valence-corrected chi connectivity index (χ4v) is 9.82. The van der Waals surface area contributed by atoms with Crippen LogP contribution < -0.4 is 9.47 Å². The zero-order chi connectivity index (χ0) is 43.9. The van der Waals surface area contributed by atoms with E-state index in [2.05, 4.69) is 19.6 Å². The topological polar surface area (TPSA) is 127 Å². The maximum atomic E-state index is 15.2. The Morgan fingerprint density at radius 2 is 1.69 bits per heavy atom. The van der Waals surface area contributed by atoms with Gasteiger partial charge in [-0.05, 0) is 124 Å². The second-order valence-corrected chi connectivity index (χ2v) is 17.8. The number of aldehydes is 1. The number of amides is 1. The number of fused-ring (bicyclic) bond motifs is 3. The molecule has 0 bridgehead atoms. The van der Waals surface area contributed by atoms with Crippen LogP contribution in [-0.4, -0.2) is 76.8 Å². The van der Waals surface area contributed by atoms with Crippen molar-refractivity contribution in [2.75, 3.05) is 26.4 Å². The van der Waals surface area contributed by atoms with Gasteiger partial charge in [0.2, 0.25) is 5.79 Å². The minimum absolute atomic E-state index is 0.0522. The third kappa shape index (κ3) is 9.53. The van der Waals surface area contributed by atoms with E-state index in [4.69, 9.17) is 24.2 Å². The third-order valence-corrected chi connectivity index (χ3v) is 12.4. The lowest BCUT2D eigenvalue weighted by atomic mass is 9.55. The summed E-state index contributed by atoms with van der Waals surface area (Å²) >= 11 is 0. The maximum Gasteiger partial charge on any atom is 0.254 e. The van der Waals surface area contributed by atoms with Crippen LogP contribution in [0.2, 0.25) is 0 Å². The zero-order valence-corrected chi connectivity index (χ0v) is 36.6. The van der Waals surface area contributed by atoms with E-state index >= 15 is 4.79 Å². The quantitative estimate of drug-likeness (QED) is 0.0414. The van der Waals surface area contributed by atoms with Gasteiger partial charge in [-0.25, -0.2) is 0 Å². The highest BCUT2D eigenvalue weighted by Crippen LogP contribution is 2.62. The molecule has 4 aromatic carbocycles. The van der Waals surface area contributed by atoms with Gasteiger partial charge in [0.15, 0.2) is 0 Å². The van der Waals surface area contributed by atoms with Crippen LogP contribution in [-0.2, 0) is 9.57 Å². The van der Waals surface area contributed by atoms with Crippen LogP contribution in [0.4, 0.5) is 0 Å². The van der Waals surface area contributed by atoms with Gasteiger partial charge in [-0.1, -0.05) is 79.5 Å². The summed E-state index contributed by atoms with van der Waals surface area (Å²) in [4.78, 5) is 35.1. The number of carbonyl (C=O) groups is 2. The first-order chi connectivity index (χ1) is 30.0. The molecule has 10 heteroatoms. The fourth-order valence-electron chi connectivity index (χ4n) is 9.82. The molecule has 10 nitrogen and oxygen atoms in total. The summed E-state index contributed by atoms with van der Waals surface area (Å²) in [5, 5.41) is 26.9. The number of benzene rings is 4. The lowest BCUT2D eigenvalue weighted by Gasteiger charge is -2.60. The summed E-state index contributed by atoms with van der Waals surface area (Å²) in [5.74, 6) is -0.286. The van der Waals surface area contributed by atoms with Crippen molar-refractivity contribution in [1.82, 2.24) is 4.90 Å². The Morgan fingerprint density at radius 1 is 0.935 bits per heavy atom. The van der Waals surface area contributed by atoms with Gasteiger partial charge in [0.25, 0.3) is 5.91 Å². The highest BCUT2D eigenvalue weighted by atomic mass is 16.7. The van der Waals surface area contributed by atoms with Crippen molar-refractivity contribution in [3.05, 3.63) is 126 Å². The average molecular weight is 843 g/mol. The van der Waals surface area contributed by atoms with E-state index in [0.29, 0.717) is 60.6 Å². The molecule has 3 aliphatic rings. The number of hydrogen-bond donors (Lipinski definition) is 2. The fraction of sp³-hybridized carbons (Fsp3) is 0.442. The van der Waals surface area contributed by atoms with Gasteiger partial charge in [-0.2, -0.15) is 0 Å². The first-order valence-electron chi connectivity index (χ1n) is 22.3. The van der Waals surface area contributed by atoms with Crippen LogP contribution in [0.25, 0.3) is 10.8 Å². The number of rotatable bonds is 19. The van der Waals surface area contributed by atoms with Crippen molar-refractivity contribution in [3.8, 4) is 17.2 Å². The molecule has 7 rings (SSSR count). The Bertz CT molecular complexity index is 2280. The van der Waals surface area contributed by atoms with Gasteiger partial charge >= 0.3 is 0 Å². The molecule has 1 aliphatic heterocycles. The number of nitrogens with zero attached hydrogens (tertiary/aromatic N) is 2. The van der Waals surface area contributed by atoms with E-state index < -0.39 is 23.3 Å². The molecule has 62 heavy (non-hydrogen) atoms. The molecule has 4 aromatic rings. The van der Waals surface area contributed by atoms with Crippen LogP contribution in [0, 0.1) is 17.8 Å². The first-order valence-corrected chi connectivity index (χ1v) is 22.3. The van der Waals surface area contributed by atoms with Gasteiger partial charge in [0.1, 0.15) is 35.2 Å². The standard InChI is InChI=1S/C52H62N2O8/c1-6-25-54(50(58)39-22-21-36-16-8-9-17-37(36)30-39)47-33-45(53-62-51(3,4)5)43-31-38(18-10-12-26-55)42(20-11-13-27-56)48-44-32-41(60-40-19-14-15-35(29-40)34-57)23-24-46(44)61-52(47,49(43)48)59-28-7-2/h7-9,14-17,19,21-24,29-32,34,38,42,47-49,55-56H,2,6,10-13,18,20,25-28,33H2,1,3-5H3/t38-,42+,47-,48+,49+,52+/m0/s1. The van der Waals surface area contributed by atoms with E-state index in [-0.39, 0.29) is 43.5 Å². The van der Waals surface area contributed by atoms with Crippen LogP contribution in [0.1, 0.15) is 111 Å². The van der Waals surface area contributed by atoms with Gasteiger partial charge in [-0.3, -0.25) is 9.59 Å². The maximum absolute atomic E-state index is 15.2. The summed E-state index contributed by atoms with van der Waals surface area (Å²) in [6.07, 6.45) is 10.5. The van der Waals surface area contributed by atoms with Crippen molar-refractivity contribution in [2.45, 2.75) is 102 Å². The highest BCUT2D eigenvalue weighted by Gasteiger charge is 2.65. The van der Waals surface area contributed by atoms with Crippen molar-refractivity contribution in [3.63, 3.8) is 0 Å². The van der Waals surface area contributed by atoms with Crippen molar-refractivity contribution in [1.29, 1.82) is 0 Å². The molecule has 2 aliphatic carbocycles. The number of ether oxygens (including phenoxy) is 3. The summed E-state index contributed by atoms with van der Waals surface area (Å²) in [6, 6.07) is 26.2. The number of oxime groups is 1. The lowest BCUT2D eigenvalue weighted by Crippen LogP contribution is -2.70. The van der Waals surface area contributed by atoms with E-state index in [1.807, 2.05) is 92.4 Å². The first kappa shape index (κ1) is 44.8. The Hall–Kier alpha value is -5.29. The molecule has 6 atom stereocenters. The van der Waals surface area contributed by atoms with E-state index in [1.165, 1.54) is 0 Å². The Morgan fingerprint density at radius 3 is 2.42 bits per heavy atom. The average Bonchev–Trinajstić information content (AvgIpc) is 3.27. The SMILES string of the molecule is C=CCO[C@@]12Oc3ccc(Oc4cccc(C=O)c4)cc3[C@H]3[C@H](CCCCO)[C@@H](CCCCO)C=C(C(=NOC(C)(C)C)C[C@@H]1N(CCC)C(=O)c1ccc4ccccc4c1)[C@H]32. The van der Waals surface area contributed by atoms with Crippen LogP contribution >= 0.6 is 0 Å². The number of allylic oxidation sites excluding steroid dienone is 1. The molecular formula is C52H62N2O8. The molecule has 1 saturated carbocycles. The summed E-state index contributed by atoms with van der Waals surface area (Å²) in [6.45, 7) is 12.9. The summed E-state index contributed by atoms with van der Waals surface area (Å²) in [5.41, 5.74) is 3.16. The van der Waals surface area contributed by atoms with E-state index in [9.17, 15) is 15.0 Å². The van der Waals surface area contributed by atoms with Gasteiger partial charge in [-0.15, -0.1) is 6.58 Å². The molecule has 328 valence electrons. The number of unbranched alkanes of at least 4 members (excludes halogenated alkanes) is 2. The van der Waals surface area contributed by atoms with Crippen LogP contribution in [0.3, 0.4) is 0 Å². The lowest BCUT2D eigenvalue weighted by molar-refractivity contribution is -0.254. The monoisotopic (exact) mass is 842 g/mol. The third-order valence-electron chi connectivity index (χ3n) is 12.4. The number of hydrogen-bond acceptors (Lipinski definition) is 9.